The van der Waals surface area contributed by atoms with Crippen molar-refractivity contribution in [2.75, 3.05) is 0 Å². The molecule has 1 aromatic carbocycles. The molecule has 3 rings (SSSR count). The Balaban J connectivity index is 2.27. The molecule has 0 fully saturated rings. The predicted molar refractivity (Wildman–Crippen MR) is 76.3 cm³/mol. The number of oxime groups is 1. The molecular formula is C14H8F3N3OS. The first kappa shape index (κ1) is 14.5. The second kappa shape index (κ2) is 5.38. The van der Waals surface area contributed by atoms with Gasteiger partial charge in [-0.1, -0.05) is 35.5 Å². The fraction of sp³-hybridized carbons (Fsp3) is 0.0714. The zero-order valence-corrected chi connectivity index (χ0v) is 11.7. The van der Waals surface area contributed by atoms with E-state index in [1.807, 2.05) is 0 Å². The van der Waals surface area contributed by atoms with E-state index in [9.17, 15) is 18.4 Å². The van der Waals surface area contributed by atoms with Gasteiger partial charge in [-0.2, -0.15) is 13.2 Å². The minimum absolute atomic E-state index is 0.0269. The van der Waals surface area contributed by atoms with Gasteiger partial charge in [-0.15, -0.1) is 11.3 Å². The molecule has 1 N–H and O–H groups in total. The average Bonchev–Trinajstić information content (AvgIpc) is 2.96. The summed E-state index contributed by atoms with van der Waals surface area (Å²) in [5, 5.41) is 14.0. The van der Waals surface area contributed by atoms with E-state index in [2.05, 4.69) is 15.1 Å². The van der Waals surface area contributed by atoms with Crippen LogP contribution in [0.5, 0.6) is 0 Å². The number of nitrogens with zero attached hydrogens (tertiary/aromatic N) is 3. The van der Waals surface area contributed by atoms with Crippen molar-refractivity contribution in [1.82, 2.24) is 9.97 Å². The van der Waals surface area contributed by atoms with Crippen molar-refractivity contribution in [1.29, 1.82) is 0 Å². The largest absolute Gasteiger partial charge is 0.451 e. The highest BCUT2D eigenvalue weighted by molar-refractivity contribution is 7.17. The van der Waals surface area contributed by atoms with Crippen LogP contribution in [-0.4, -0.2) is 20.9 Å². The molecule has 0 unspecified atom stereocenters. The van der Waals surface area contributed by atoms with Crippen LogP contribution in [-0.2, 0) is 6.18 Å². The lowest BCUT2D eigenvalue weighted by atomic mass is 10.1. The second-order valence-electron chi connectivity index (χ2n) is 4.34. The quantitative estimate of drug-likeness (QED) is 0.441. The molecule has 22 heavy (non-hydrogen) atoms. The summed E-state index contributed by atoms with van der Waals surface area (Å²) >= 11 is 1.19. The standard InChI is InChI=1S/C14H8F3N3OS/c15-14(16,17)13-18-9-6-7-22-12(9)11(19-13)10(20-21)8-4-2-1-3-5-8/h1-7,21H/b20-10+. The van der Waals surface area contributed by atoms with Crippen molar-refractivity contribution in [3.63, 3.8) is 0 Å². The summed E-state index contributed by atoms with van der Waals surface area (Å²) < 4.78 is 39.3. The lowest BCUT2D eigenvalue weighted by molar-refractivity contribution is -0.144. The molecule has 2 heterocycles. The van der Waals surface area contributed by atoms with Crippen LogP contribution in [0.1, 0.15) is 17.1 Å². The van der Waals surface area contributed by atoms with E-state index in [0.717, 1.165) is 0 Å². The molecule has 0 bridgehead atoms. The van der Waals surface area contributed by atoms with Crippen molar-refractivity contribution in [3.05, 3.63) is 58.9 Å². The third-order valence-corrected chi connectivity index (χ3v) is 3.84. The topological polar surface area (TPSA) is 58.4 Å². The molecule has 3 aromatic rings. The van der Waals surface area contributed by atoms with Crippen LogP contribution in [0.15, 0.2) is 46.9 Å². The summed E-state index contributed by atoms with van der Waals surface area (Å²) in [6.07, 6.45) is -4.68. The van der Waals surface area contributed by atoms with Crippen LogP contribution in [0.3, 0.4) is 0 Å². The maximum atomic E-state index is 12.9. The van der Waals surface area contributed by atoms with Crippen molar-refractivity contribution in [2.24, 2.45) is 5.16 Å². The highest BCUT2D eigenvalue weighted by Crippen LogP contribution is 2.31. The van der Waals surface area contributed by atoms with Crippen LogP contribution >= 0.6 is 11.3 Å². The fourth-order valence-electron chi connectivity index (χ4n) is 1.99. The van der Waals surface area contributed by atoms with Gasteiger partial charge < -0.3 is 5.21 Å². The Bertz CT molecular complexity index is 843. The summed E-state index contributed by atoms with van der Waals surface area (Å²) in [6.45, 7) is 0. The van der Waals surface area contributed by atoms with Crippen LogP contribution in [0, 0.1) is 0 Å². The first-order valence-electron chi connectivity index (χ1n) is 6.11. The molecular weight excluding hydrogens is 315 g/mol. The van der Waals surface area contributed by atoms with Crippen molar-refractivity contribution < 1.29 is 18.4 Å². The normalized spacial score (nSPS) is 12.8. The smallest absolute Gasteiger partial charge is 0.410 e. The number of fused-ring (bicyclic) bond motifs is 1. The fourth-order valence-corrected chi connectivity index (χ4v) is 2.81. The van der Waals surface area contributed by atoms with Gasteiger partial charge in [0.2, 0.25) is 5.82 Å². The molecule has 0 aliphatic heterocycles. The summed E-state index contributed by atoms with van der Waals surface area (Å²) in [7, 11) is 0. The van der Waals surface area contributed by atoms with Gasteiger partial charge in [-0.05, 0) is 11.4 Å². The minimum atomic E-state index is -4.68. The maximum absolute atomic E-state index is 12.9. The number of hydrogen-bond donors (Lipinski definition) is 1. The summed E-state index contributed by atoms with van der Waals surface area (Å²) in [4.78, 5) is 7.09. The van der Waals surface area contributed by atoms with Crippen molar-refractivity contribution in [2.45, 2.75) is 6.18 Å². The Hall–Kier alpha value is -2.48. The van der Waals surface area contributed by atoms with Gasteiger partial charge >= 0.3 is 6.18 Å². The van der Waals surface area contributed by atoms with Gasteiger partial charge in [0.15, 0.2) is 0 Å². The molecule has 0 radical (unpaired) electrons. The zero-order valence-electron chi connectivity index (χ0n) is 10.9. The molecule has 0 atom stereocenters. The van der Waals surface area contributed by atoms with E-state index in [-0.39, 0.29) is 16.9 Å². The number of benzene rings is 1. The number of aromatic nitrogens is 2. The molecule has 4 nitrogen and oxygen atoms in total. The Morgan fingerprint density at radius 3 is 2.45 bits per heavy atom. The summed E-state index contributed by atoms with van der Waals surface area (Å²) in [5.74, 6) is -1.26. The average molecular weight is 323 g/mol. The van der Waals surface area contributed by atoms with Gasteiger partial charge in [-0.3, -0.25) is 0 Å². The highest BCUT2D eigenvalue weighted by Gasteiger charge is 2.36. The van der Waals surface area contributed by atoms with Crippen molar-refractivity contribution in [3.8, 4) is 0 Å². The van der Waals surface area contributed by atoms with Crippen LogP contribution in [0.4, 0.5) is 13.2 Å². The van der Waals surface area contributed by atoms with Gasteiger partial charge in [0, 0.05) is 5.56 Å². The lowest BCUT2D eigenvalue weighted by Gasteiger charge is -2.09. The Kier molecular flexibility index (Phi) is 3.53. The Morgan fingerprint density at radius 1 is 1.09 bits per heavy atom. The number of halogens is 3. The van der Waals surface area contributed by atoms with Crippen LogP contribution in [0.2, 0.25) is 0 Å². The van der Waals surface area contributed by atoms with Crippen molar-refractivity contribution >= 4 is 27.3 Å². The minimum Gasteiger partial charge on any atom is -0.410 e. The molecule has 112 valence electrons. The first-order chi connectivity index (χ1) is 10.5. The van der Waals surface area contributed by atoms with E-state index >= 15 is 0 Å². The third kappa shape index (κ3) is 2.52. The van der Waals surface area contributed by atoms with Gasteiger partial charge in [0.05, 0.1) is 10.2 Å². The highest BCUT2D eigenvalue weighted by atomic mass is 32.1. The SMILES string of the molecule is O/N=C(\c1ccccc1)c1nc(C(F)(F)F)nc2ccsc12. The maximum Gasteiger partial charge on any atom is 0.451 e. The van der Waals surface area contributed by atoms with E-state index in [1.54, 1.807) is 35.7 Å². The zero-order chi connectivity index (χ0) is 15.7. The molecule has 2 aromatic heterocycles. The third-order valence-electron chi connectivity index (χ3n) is 2.93. The second-order valence-corrected chi connectivity index (χ2v) is 5.26. The van der Waals surface area contributed by atoms with E-state index < -0.39 is 12.0 Å². The number of alkyl halides is 3. The molecule has 0 saturated carbocycles. The summed E-state index contributed by atoms with van der Waals surface area (Å²) in [5.41, 5.74) is 0.563. The summed E-state index contributed by atoms with van der Waals surface area (Å²) in [6, 6.07) is 9.87. The predicted octanol–water partition coefficient (Wildman–Crippen LogP) is 3.94. The molecule has 0 spiro atoms. The van der Waals surface area contributed by atoms with Crippen LogP contribution < -0.4 is 0 Å². The van der Waals surface area contributed by atoms with E-state index in [1.165, 1.54) is 17.4 Å². The monoisotopic (exact) mass is 323 g/mol. The number of rotatable bonds is 2. The molecule has 0 aliphatic carbocycles. The molecule has 0 aliphatic rings. The van der Waals surface area contributed by atoms with Gasteiger partial charge in [-0.25, -0.2) is 9.97 Å². The van der Waals surface area contributed by atoms with E-state index in [0.29, 0.717) is 10.3 Å². The Morgan fingerprint density at radius 2 is 1.82 bits per heavy atom. The lowest BCUT2D eigenvalue weighted by Crippen LogP contribution is -2.15. The van der Waals surface area contributed by atoms with Crippen LogP contribution in [0.25, 0.3) is 10.2 Å². The molecule has 0 saturated heterocycles. The Labute approximate surface area is 126 Å². The first-order valence-corrected chi connectivity index (χ1v) is 6.99. The molecule has 8 heteroatoms. The number of thiophene rings is 1. The van der Waals surface area contributed by atoms with Gasteiger partial charge in [0.1, 0.15) is 11.4 Å². The van der Waals surface area contributed by atoms with Gasteiger partial charge in [0.25, 0.3) is 0 Å². The number of hydrogen-bond acceptors (Lipinski definition) is 5. The van der Waals surface area contributed by atoms with E-state index in [4.69, 9.17) is 0 Å². The molecule has 0 amide bonds.